The molecule has 0 saturated heterocycles. The second kappa shape index (κ2) is 18.9. The van der Waals surface area contributed by atoms with Crippen molar-refractivity contribution in [3.63, 3.8) is 0 Å². The van der Waals surface area contributed by atoms with E-state index in [1.807, 2.05) is 0 Å². The molecule has 0 saturated carbocycles. The second-order valence-electron chi connectivity index (χ2n) is 19.9. The van der Waals surface area contributed by atoms with Gasteiger partial charge in [0.25, 0.3) is 0 Å². The van der Waals surface area contributed by atoms with E-state index in [-0.39, 0.29) is 0 Å². The third kappa shape index (κ3) is 7.47. The van der Waals surface area contributed by atoms with Gasteiger partial charge in [-0.15, -0.1) is 0 Å². The standard InChI is InChI=1S/C75H51N/c1-6-24-52(25-7-1)56-48-57(53-26-8-2-9-27-53)50-58(49-56)54-42-44-61(45-43-54)76(62-46-47-67-66-37-22-23-41-71(66)75(72(67)51-62,59-30-12-4-13-31-59)60-32-14-5-15-33-60)74-70-40-21-18-36-65(70)64-35-17-20-39-69(64)73(74)68-38-19-16-34-63(68)55-28-10-3-11-29-55/h1-51H. The van der Waals surface area contributed by atoms with Gasteiger partial charge in [-0.05, 0) is 142 Å². The lowest BCUT2D eigenvalue weighted by Gasteiger charge is -2.35. The third-order valence-electron chi connectivity index (χ3n) is 15.7. The molecule has 13 aromatic carbocycles. The lowest BCUT2D eigenvalue weighted by molar-refractivity contribution is 0.768. The highest BCUT2D eigenvalue weighted by Gasteiger charge is 2.46. The molecule has 76 heavy (non-hydrogen) atoms. The molecule has 0 radical (unpaired) electrons. The maximum absolute atomic E-state index is 2.56. The molecule has 0 fully saturated rings. The predicted octanol–water partition coefficient (Wildman–Crippen LogP) is 20.2. The van der Waals surface area contributed by atoms with Crippen LogP contribution in [0.2, 0.25) is 0 Å². The fraction of sp³-hybridized carbons (Fsp3) is 0.0133. The summed E-state index contributed by atoms with van der Waals surface area (Å²) in [5.41, 5.74) is 22.0. The zero-order valence-electron chi connectivity index (χ0n) is 41.9. The van der Waals surface area contributed by atoms with Crippen LogP contribution < -0.4 is 4.90 Å². The van der Waals surface area contributed by atoms with Gasteiger partial charge in [0.1, 0.15) is 0 Å². The summed E-state index contributed by atoms with van der Waals surface area (Å²) in [6.45, 7) is 0. The number of fused-ring (bicyclic) bond motifs is 6. The minimum atomic E-state index is -0.589. The Hall–Kier alpha value is -9.82. The van der Waals surface area contributed by atoms with Gasteiger partial charge in [-0.1, -0.05) is 267 Å². The van der Waals surface area contributed by atoms with Gasteiger partial charge in [0.15, 0.2) is 0 Å². The van der Waals surface area contributed by atoms with Crippen molar-refractivity contribution < 1.29 is 0 Å². The second-order valence-corrected chi connectivity index (χ2v) is 19.9. The minimum Gasteiger partial charge on any atom is -0.309 e. The van der Waals surface area contributed by atoms with Crippen LogP contribution in [-0.2, 0) is 5.41 Å². The van der Waals surface area contributed by atoms with Crippen LogP contribution in [0.15, 0.2) is 309 Å². The van der Waals surface area contributed by atoms with E-state index in [1.165, 1.54) is 99.4 Å². The van der Waals surface area contributed by atoms with Gasteiger partial charge in [0.2, 0.25) is 0 Å². The van der Waals surface area contributed by atoms with E-state index in [2.05, 4.69) is 314 Å². The zero-order valence-corrected chi connectivity index (χ0v) is 41.9. The van der Waals surface area contributed by atoms with Crippen LogP contribution in [0.1, 0.15) is 22.3 Å². The summed E-state index contributed by atoms with van der Waals surface area (Å²) in [6.07, 6.45) is 0. The summed E-state index contributed by atoms with van der Waals surface area (Å²) in [5.74, 6) is 0. The maximum atomic E-state index is 2.56. The molecule has 356 valence electrons. The molecule has 0 heterocycles. The number of benzene rings is 13. The fourth-order valence-corrected chi connectivity index (χ4v) is 12.4. The molecule has 1 nitrogen and oxygen atoms in total. The Morgan fingerprint density at radius 1 is 0.224 bits per heavy atom. The van der Waals surface area contributed by atoms with Crippen molar-refractivity contribution in [1.29, 1.82) is 0 Å². The van der Waals surface area contributed by atoms with Gasteiger partial charge in [-0.2, -0.15) is 0 Å². The molecular weight excluding hydrogens is 915 g/mol. The van der Waals surface area contributed by atoms with Gasteiger partial charge in [-0.3, -0.25) is 0 Å². The quantitative estimate of drug-likeness (QED) is 0.123. The number of rotatable bonds is 10. The van der Waals surface area contributed by atoms with Crippen molar-refractivity contribution in [3.05, 3.63) is 332 Å². The normalized spacial score (nSPS) is 12.3. The summed E-state index contributed by atoms with van der Waals surface area (Å²) in [4.78, 5) is 2.56. The molecule has 0 N–H and O–H groups in total. The molecule has 13 aromatic rings. The zero-order chi connectivity index (χ0) is 50.4. The smallest absolute Gasteiger partial charge is 0.0714 e. The first-order valence-electron chi connectivity index (χ1n) is 26.3. The molecular formula is C75H51N. The highest BCUT2D eigenvalue weighted by molar-refractivity contribution is 6.23. The molecule has 1 aliphatic rings. The average Bonchev–Trinajstić information content (AvgIpc) is 4.02. The van der Waals surface area contributed by atoms with Crippen LogP contribution in [0, 0.1) is 0 Å². The molecule has 0 bridgehead atoms. The summed E-state index contributed by atoms with van der Waals surface area (Å²) in [6, 6.07) is 114. The van der Waals surface area contributed by atoms with E-state index in [1.54, 1.807) is 0 Å². The van der Waals surface area contributed by atoms with E-state index < -0.39 is 5.41 Å². The predicted molar refractivity (Wildman–Crippen MR) is 321 cm³/mol. The number of anilines is 3. The summed E-state index contributed by atoms with van der Waals surface area (Å²) in [7, 11) is 0. The van der Waals surface area contributed by atoms with Crippen molar-refractivity contribution in [2.24, 2.45) is 0 Å². The van der Waals surface area contributed by atoms with Gasteiger partial charge >= 0.3 is 0 Å². The third-order valence-corrected chi connectivity index (χ3v) is 15.7. The van der Waals surface area contributed by atoms with Gasteiger partial charge in [0.05, 0.1) is 11.1 Å². The Balaban J connectivity index is 1.07. The first kappa shape index (κ1) is 44.8. The van der Waals surface area contributed by atoms with Gasteiger partial charge < -0.3 is 4.90 Å². The molecule has 0 unspecified atom stereocenters. The first-order valence-corrected chi connectivity index (χ1v) is 26.3. The van der Waals surface area contributed by atoms with Crippen molar-refractivity contribution in [1.82, 2.24) is 0 Å². The minimum absolute atomic E-state index is 0.589. The Bertz CT molecular complexity index is 4140. The van der Waals surface area contributed by atoms with E-state index in [0.717, 1.165) is 28.2 Å². The summed E-state index contributed by atoms with van der Waals surface area (Å²) >= 11 is 0. The van der Waals surface area contributed by atoms with E-state index >= 15 is 0 Å². The van der Waals surface area contributed by atoms with Crippen molar-refractivity contribution in [2.75, 3.05) is 4.90 Å². The van der Waals surface area contributed by atoms with Crippen LogP contribution in [0.5, 0.6) is 0 Å². The van der Waals surface area contributed by atoms with Crippen LogP contribution in [0.3, 0.4) is 0 Å². The van der Waals surface area contributed by atoms with Crippen molar-refractivity contribution in [2.45, 2.75) is 5.41 Å². The molecule has 0 amide bonds. The Morgan fingerprint density at radius 2 is 0.618 bits per heavy atom. The van der Waals surface area contributed by atoms with E-state index in [9.17, 15) is 0 Å². The first-order chi connectivity index (χ1) is 37.7. The highest BCUT2D eigenvalue weighted by atomic mass is 15.1. The fourth-order valence-electron chi connectivity index (χ4n) is 12.4. The monoisotopic (exact) mass is 965 g/mol. The maximum Gasteiger partial charge on any atom is 0.0714 e. The molecule has 0 atom stereocenters. The van der Waals surface area contributed by atoms with Crippen molar-refractivity contribution in [3.8, 4) is 66.8 Å². The van der Waals surface area contributed by atoms with Crippen LogP contribution in [-0.4, -0.2) is 0 Å². The van der Waals surface area contributed by atoms with Crippen LogP contribution >= 0.6 is 0 Å². The Kier molecular flexibility index (Phi) is 11.2. The van der Waals surface area contributed by atoms with Crippen LogP contribution in [0.4, 0.5) is 17.1 Å². The topological polar surface area (TPSA) is 3.24 Å². The molecule has 0 aromatic heterocycles. The molecule has 14 rings (SSSR count). The van der Waals surface area contributed by atoms with Gasteiger partial charge in [0, 0.05) is 22.3 Å². The largest absolute Gasteiger partial charge is 0.309 e. The van der Waals surface area contributed by atoms with E-state index in [0.29, 0.717) is 0 Å². The van der Waals surface area contributed by atoms with E-state index in [4.69, 9.17) is 0 Å². The summed E-state index contributed by atoms with van der Waals surface area (Å²) in [5, 5.41) is 4.80. The Labute approximate surface area is 444 Å². The molecule has 1 aliphatic carbocycles. The SMILES string of the molecule is c1ccc(-c2cc(-c3ccccc3)cc(-c3ccc(N(c4ccc5c(c4)C(c4ccccc4)(c4ccccc4)c4ccccc4-5)c4c(-c5ccccc5-c5ccccc5)c5ccccc5c5ccccc45)cc3)c2)cc1. The molecule has 1 heteroatoms. The lowest BCUT2D eigenvalue weighted by Crippen LogP contribution is -2.28. The molecule has 0 aliphatic heterocycles. The number of nitrogens with zero attached hydrogens (tertiary/aromatic N) is 1. The average molecular weight is 966 g/mol. The molecule has 0 spiro atoms. The number of hydrogen-bond acceptors (Lipinski definition) is 1. The highest BCUT2D eigenvalue weighted by Crippen LogP contribution is 2.58. The van der Waals surface area contributed by atoms with Gasteiger partial charge in [-0.25, -0.2) is 0 Å². The van der Waals surface area contributed by atoms with Crippen LogP contribution in [0.25, 0.3) is 88.3 Å². The summed E-state index contributed by atoms with van der Waals surface area (Å²) < 4.78 is 0. The lowest BCUT2D eigenvalue weighted by atomic mass is 9.67. The number of hydrogen-bond donors (Lipinski definition) is 0. The Morgan fingerprint density at radius 3 is 1.18 bits per heavy atom. The van der Waals surface area contributed by atoms with Crippen molar-refractivity contribution >= 4 is 38.6 Å².